The maximum absolute atomic E-state index is 12.3. The average Bonchev–Trinajstić information content (AvgIpc) is 3.18. The number of nitrogens with one attached hydrogen (secondary N) is 1. The second-order valence-electron chi connectivity index (χ2n) is 5.76. The highest BCUT2D eigenvalue weighted by molar-refractivity contribution is 6.43. The molecule has 134 valence electrons. The summed E-state index contributed by atoms with van der Waals surface area (Å²) in [6.45, 7) is 0. The van der Waals surface area contributed by atoms with Crippen LogP contribution in [0.2, 0.25) is 0 Å². The van der Waals surface area contributed by atoms with Crippen molar-refractivity contribution in [3.63, 3.8) is 0 Å². The van der Waals surface area contributed by atoms with Crippen molar-refractivity contribution >= 4 is 23.2 Å². The molecular formula is C19H19N3O4. The Morgan fingerprint density at radius 1 is 1.15 bits per heavy atom. The Hall–Kier alpha value is -3.19. The van der Waals surface area contributed by atoms with E-state index in [2.05, 4.69) is 10.5 Å². The zero-order valence-corrected chi connectivity index (χ0v) is 14.5. The quantitative estimate of drug-likeness (QED) is 0.838. The molecule has 1 N–H and O–H groups in total. The van der Waals surface area contributed by atoms with Crippen LogP contribution in [0.4, 0.5) is 5.69 Å². The van der Waals surface area contributed by atoms with Gasteiger partial charge in [-0.15, -0.1) is 0 Å². The van der Waals surface area contributed by atoms with E-state index in [9.17, 15) is 9.59 Å². The topological polar surface area (TPSA) is 80.2 Å². The SMILES string of the molecule is CON(C)C(=O)c1ccc(NC(=O)C2=NOC(c3ccccc3)C2)cc1. The number of amides is 2. The Morgan fingerprint density at radius 3 is 2.50 bits per heavy atom. The number of hydrogen-bond donors (Lipinski definition) is 1. The Morgan fingerprint density at radius 2 is 1.85 bits per heavy atom. The van der Waals surface area contributed by atoms with E-state index in [1.54, 1.807) is 24.3 Å². The fourth-order valence-electron chi connectivity index (χ4n) is 2.52. The van der Waals surface area contributed by atoms with Crippen LogP contribution in [0.3, 0.4) is 0 Å². The fraction of sp³-hybridized carbons (Fsp3) is 0.211. The maximum Gasteiger partial charge on any atom is 0.277 e. The van der Waals surface area contributed by atoms with Crippen LogP contribution in [-0.2, 0) is 14.5 Å². The highest BCUT2D eigenvalue weighted by Crippen LogP contribution is 2.27. The Balaban J connectivity index is 1.59. The van der Waals surface area contributed by atoms with Gasteiger partial charge in [0.05, 0.1) is 7.11 Å². The number of carbonyl (C=O) groups excluding carboxylic acids is 2. The van der Waals surface area contributed by atoms with Crippen LogP contribution in [0.25, 0.3) is 0 Å². The van der Waals surface area contributed by atoms with E-state index < -0.39 is 0 Å². The van der Waals surface area contributed by atoms with E-state index >= 15 is 0 Å². The van der Waals surface area contributed by atoms with Crippen molar-refractivity contribution in [3.05, 3.63) is 65.7 Å². The molecule has 1 aliphatic rings. The number of rotatable bonds is 5. The third kappa shape index (κ3) is 3.89. The molecule has 1 atom stereocenters. The number of nitrogens with zero attached hydrogens (tertiary/aromatic N) is 2. The van der Waals surface area contributed by atoms with Gasteiger partial charge < -0.3 is 10.2 Å². The Bertz CT molecular complexity index is 818. The molecule has 1 heterocycles. The predicted octanol–water partition coefficient (Wildman–Crippen LogP) is 2.78. The molecule has 0 radical (unpaired) electrons. The predicted molar refractivity (Wildman–Crippen MR) is 96.5 cm³/mol. The van der Waals surface area contributed by atoms with Crippen molar-refractivity contribution in [1.29, 1.82) is 0 Å². The van der Waals surface area contributed by atoms with E-state index in [1.165, 1.54) is 14.2 Å². The Labute approximate surface area is 151 Å². The second-order valence-corrected chi connectivity index (χ2v) is 5.76. The van der Waals surface area contributed by atoms with Crippen molar-refractivity contribution in [1.82, 2.24) is 5.06 Å². The molecule has 2 aromatic rings. The third-order valence-electron chi connectivity index (χ3n) is 4.05. The molecule has 2 amide bonds. The van der Waals surface area contributed by atoms with Crippen LogP contribution in [0, 0.1) is 0 Å². The first-order valence-corrected chi connectivity index (χ1v) is 8.09. The molecule has 0 saturated carbocycles. The summed E-state index contributed by atoms with van der Waals surface area (Å²) in [5.74, 6) is -0.596. The van der Waals surface area contributed by atoms with Gasteiger partial charge in [-0.1, -0.05) is 35.5 Å². The van der Waals surface area contributed by atoms with Gasteiger partial charge in [0.1, 0.15) is 5.71 Å². The lowest BCUT2D eigenvalue weighted by molar-refractivity contribution is -0.110. The van der Waals surface area contributed by atoms with Gasteiger partial charge in [0.2, 0.25) is 0 Å². The molecule has 0 aliphatic carbocycles. The number of hydroxylamine groups is 2. The molecule has 0 saturated heterocycles. The van der Waals surface area contributed by atoms with Crippen LogP contribution in [0.1, 0.15) is 28.4 Å². The van der Waals surface area contributed by atoms with Crippen LogP contribution in [-0.4, -0.2) is 36.7 Å². The van der Waals surface area contributed by atoms with E-state index in [1.807, 2.05) is 30.3 Å². The lowest BCUT2D eigenvalue weighted by Gasteiger charge is -2.13. The van der Waals surface area contributed by atoms with Gasteiger partial charge in [-0.25, -0.2) is 5.06 Å². The summed E-state index contributed by atoms with van der Waals surface area (Å²) >= 11 is 0. The van der Waals surface area contributed by atoms with Gasteiger partial charge in [0.25, 0.3) is 11.8 Å². The van der Waals surface area contributed by atoms with Crippen molar-refractivity contribution in [2.75, 3.05) is 19.5 Å². The van der Waals surface area contributed by atoms with Gasteiger partial charge in [-0.05, 0) is 29.8 Å². The molecule has 1 aliphatic heterocycles. The monoisotopic (exact) mass is 353 g/mol. The first-order chi connectivity index (χ1) is 12.6. The summed E-state index contributed by atoms with van der Waals surface area (Å²) in [5, 5.41) is 7.78. The summed E-state index contributed by atoms with van der Waals surface area (Å²) in [7, 11) is 2.94. The highest BCUT2D eigenvalue weighted by Gasteiger charge is 2.27. The normalized spacial score (nSPS) is 15.8. The second kappa shape index (κ2) is 7.79. The lowest BCUT2D eigenvalue weighted by atomic mass is 10.0. The molecule has 7 heteroatoms. The van der Waals surface area contributed by atoms with E-state index in [4.69, 9.17) is 9.68 Å². The van der Waals surface area contributed by atoms with Crippen molar-refractivity contribution in [2.24, 2.45) is 5.16 Å². The van der Waals surface area contributed by atoms with Crippen molar-refractivity contribution < 1.29 is 19.3 Å². The molecule has 7 nitrogen and oxygen atoms in total. The fourth-order valence-corrected chi connectivity index (χ4v) is 2.52. The van der Waals surface area contributed by atoms with E-state index in [0.717, 1.165) is 10.6 Å². The van der Waals surface area contributed by atoms with Gasteiger partial charge in [0, 0.05) is 24.7 Å². The zero-order valence-electron chi connectivity index (χ0n) is 14.5. The minimum absolute atomic E-state index is 0.249. The average molecular weight is 353 g/mol. The number of benzene rings is 2. The summed E-state index contributed by atoms with van der Waals surface area (Å²) in [4.78, 5) is 34.5. The van der Waals surface area contributed by atoms with Crippen molar-refractivity contribution in [2.45, 2.75) is 12.5 Å². The molecule has 0 aromatic heterocycles. The first-order valence-electron chi connectivity index (χ1n) is 8.09. The molecule has 2 aromatic carbocycles. The Kier molecular flexibility index (Phi) is 5.28. The number of anilines is 1. The molecule has 1 unspecified atom stereocenters. The van der Waals surface area contributed by atoms with Gasteiger partial charge >= 0.3 is 0 Å². The highest BCUT2D eigenvalue weighted by atomic mass is 16.7. The molecule has 3 rings (SSSR count). The molecule has 0 fully saturated rings. The minimum Gasteiger partial charge on any atom is -0.387 e. The number of oxime groups is 1. The standard InChI is InChI=1S/C19H19N3O4/c1-22(25-2)19(24)14-8-10-15(11-9-14)20-18(23)16-12-17(26-21-16)13-6-4-3-5-7-13/h3-11,17H,12H2,1-2H3,(H,20,23). The van der Waals surface area contributed by atoms with Crippen LogP contribution >= 0.6 is 0 Å². The van der Waals surface area contributed by atoms with Gasteiger partial charge in [-0.3, -0.25) is 14.4 Å². The number of carbonyl (C=O) groups is 2. The summed E-state index contributed by atoms with van der Waals surface area (Å²) < 4.78 is 0. The lowest BCUT2D eigenvalue weighted by Crippen LogP contribution is -2.25. The molecule has 0 bridgehead atoms. The van der Waals surface area contributed by atoms with E-state index in [0.29, 0.717) is 23.4 Å². The van der Waals surface area contributed by atoms with Crippen LogP contribution < -0.4 is 5.32 Å². The summed E-state index contributed by atoms with van der Waals surface area (Å²) in [6, 6.07) is 16.2. The minimum atomic E-state index is -0.323. The maximum atomic E-state index is 12.3. The molecule has 26 heavy (non-hydrogen) atoms. The molecular weight excluding hydrogens is 334 g/mol. The smallest absolute Gasteiger partial charge is 0.277 e. The zero-order chi connectivity index (χ0) is 18.5. The first kappa shape index (κ1) is 17.6. The number of hydrogen-bond acceptors (Lipinski definition) is 5. The summed E-state index contributed by atoms with van der Waals surface area (Å²) in [5.41, 5.74) is 2.33. The van der Waals surface area contributed by atoms with Gasteiger partial charge in [-0.2, -0.15) is 0 Å². The summed E-state index contributed by atoms with van der Waals surface area (Å²) in [6.07, 6.45) is 0.159. The van der Waals surface area contributed by atoms with E-state index in [-0.39, 0.29) is 17.9 Å². The van der Waals surface area contributed by atoms with Gasteiger partial charge in [0.15, 0.2) is 6.10 Å². The molecule has 0 spiro atoms. The van der Waals surface area contributed by atoms with Crippen LogP contribution in [0.5, 0.6) is 0 Å². The third-order valence-corrected chi connectivity index (χ3v) is 4.05. The van der Waals surface area contributed by atoms with Crippen LogP contribution in [0.15, 0.2) is 59.8 Å². The van der Waals surface area contributed by atoms with Crippen molar-refractivity contribution in [3.8, 4) is 0 Å². The largest absolute Gasteiger partial charge is 0.387 e.